The zero-order chi connectivity index (χ0) is 26.5. The second-order valence-corrected chi connectivity index (χ2v) is 9.44. The van der Waals surface area contributed by atoms with Crippen LogP contribution in [0.4, 0.5) is 0 Å². The lowest BCUT2D eigenvalue weighted by Gasteiger charge is -2.22. The molecule has 7 heteroatoms. The number of unbranched alkanes of at least 4 members (excludes halogenated alkanes) is 3. The Balaban J connectivity index is 1.76. The highest BCUT2D eigenvalue weighted by Gasteiger charge is 2.27. The van der Waals surface area contributed by atoms with Gasteiger partial charge in [-0.25, -0.2) is 5.48 Å². The largest absolute Gasteiger partial charge is 0.350 e. The van der Waals surface area contributed by atoms with Crippen LogP contribution in [0.5, 0.6) is 0 Å². The minimum atomic E-state index is -0.812. The fourth-order valence-electron chi connectivity index (χ4n) is 4.42. The molecule has 7 nitrogen and oxygen atoms in total. The van der Waals surface area contributed by atoms with Gasteiger partial charge in [-0.05, 0) is 28.3 Å². The van der Waals surface area contributed by atoms with E-state index in [1.807, 2.05) is 72.8 Å². The Morgan fingerprint density at radius 2 is 1.54 bits per heavy atom. The standard InChI is InChI=1S/C30H37N3O4/c1-2-3-4-8-15-26(20-28(34)33-37)29(35)32-27(30(36)31-21-22-11-6-5-7-12-22)19-23-16-17-24-13-9-10-14-25(24)18-23/h5-7,9-14,16-18,26-27,37H,2-4,8,15,19-21H2,1H3,(H,31,36)(H,32,35)(H,33,34)/t26?,27-/m0/s1. The molecule has 3 aromatic carbocycles. The number of hydrogen-bond acceptors (Lipinski definition) is 4. The van der Waals surface area contributed by atoms with Gasteiger partial charge in [0.15, 0.2) is 0 Å². The molecule has 0 saturated carbocycles. The molecule has 0 aliphatic heterocycles. The minimum absolute atomic E-state index is 0.136. The number of hydrogen-bond donors (Lipinski definition) is 4. The molecule has 3 rings (SSSR count). The van der Waals surface area contributed by atoms with Gasteiger partial charge in [-0.1, -0.05) is 105 Å². The quantitative estimate of drug-likeness (QED) is 0.146. The van der Waals surface area contributed by atoms with E-state index in [2.05, 4.69) is 17.6 Å². The molecule has 0 radical (unpaired) electrons. The Morgan fingerprint density at radius 1 is 0.811 bits per heavy atom. The second kappa shape index (κ2) is 14.8. The zero-order valence-electron chi connectivity index (χ0n) is 21.4. The van der Waals surface area contributed by atoms with Crippen molar-refractivity contribution in [2.24, 2.45) is 5.92 Å². The summed E-state index contributed by atoms with van der Waals surface area (Å²) in [6.07, 6.45) is 4.54. The second-order valence-electron chi connectivity index (χ2n) is 9.44. The summed E-state index contributed by atoms with van der Waals surface area (Å²) < 4.78 is 0. The summed E-state index contributed by atoms with van der Waals surface area (Å²) in [5.41, 5.74) is 3.51. The first kappa shape index (κ1) is 27.9. The molecule has 3 amide bonds. The first-order valence-corrected chi connectivity index (χ1v) is 13.0. The fourth-order valence-corrected chi connectivity index (χ4v) is 4.42. The first-order valence-electron chi connectivity index (χ1n) is 13.0. The monoisotopic (exact) mass is 503 g/mol. The van der Waals surface area contributed by atoms with Crippen molar-refractivity contribution >= 4 is 28.5 Å². The third-order valence-corrected chi connectivity index (χ3v) is 6.53. The summed E-state index contributed by atoms with van der Waals surface area (Å²) in [5.74, 6) is -1.90. The number of carbonyl (C=O) groups is 3. The van der Waals surface area contributed by atoms with E-state index in [-0.39, 0.29) is 18.2 Å². The molecule has 37 heavy (non-hydrogen) atoms. The molecular formula is C30H37N3O4. The highest BCUT2D eigenvalue weighted by atomic mass is 16.5. The molecule has 3 aromatic rings. The van der Waals surface area contributed by atoms with Crippen molar-refractivity contribution in [2.75, 3.05) is 0 Å². The SMILES string of the molecule is CCCCCCC(CC(=O)NO)C(=O)N[C@@H](Cc1ccc2ccccc2c1)C(=O)NCc1ccccc1. The zero-order valence-corrected chi connectivity index (χ0v) is 21.4. The van der Waals surface area contributed by atoms with Crippen molar-refractivity contribution in [1.29, 1.82) is 0 Å². The predicted molar refractivity (Wildman–Crippen MR) is 145 cm³/mol. The summed E-state index contributed by atoms with van der Waals surface area (Å²) in [7, 11) is 0. The Hall–Kier alpha value is -3.71. The fraction of sp³-hybridized carbons (Fsp3) is 0.367. The smallest absolute Gasteiger partial charge is 0.244 e. The molecule has 0 heterocycles. The van der Waals surface area contributed by atoms with E-state index in [4.69, 9.17) is 5.21 Å². The van der Waals surface area contributed by atoms with Gasteiger partial charge in [0.25, 0.3) is 0 Å². The summed E-state index contributed by atoms with van der Waals surface area (Å²) >= 11 is 0. The molecule has 0 aliphatic carbocycles. The van der Waals surface area contributed by atoms with Crippen molar-refractivity contribution in [3.8, 4) is 0 Å². The minimum Gasteiger partial charge on any atom is -0.350 e. The lowest BCUT2D eigenvalue weighted by atomic mass is 9.95. The number of hydroxylamine groups is 1. The van der Waals surface area contributed by atoms with Gasteiger partial charge in [0.2, 0.25) is 17.7 Å². The van der Waals surface area contributed by atoms with Crippen LogP contribution in [0.3, 0.4) is 0 Å². The van der Waals surface area contributed by atoms with Crippen LogP contribution in [0.25, 0.3) is 10.8 Å². The van der Waals surface area contributed by atoms with Crippen LogP contribution >= 0.6 is 0 Å². The number of carbonyl (C=O) groups excluding carboxylic acids is 3. The number of nitrogens with one attached hydrogen (secondary N) is 3. The molecule has 0 spiro atoms. The number of rotatable bonds is 14. The van der Waals surface area contributed by atoms with Gasteiger partial charge >= 0.3 is 0 Å². The van der Waals surface area contributed by atoms with E-state index in [0.717, 1.165) is 47.6 Å². The Bertz CT molecular complexity index is 1170. The van der Waals surface area contributed by atoms with Crippen molar-refractivity contribution in [3.05, 3.63) is 83.9 Å². The molecule has 0 aromatic heterocycles. The third-order valence-electron chi connectivity index (χ3n) is 6.53. The van der Waals surface area contributed by atoms with Crippen LogP contribution in [0, 0.1) is 5.92 Å². The van der Waals surface area contributed by atoms with Gasteiger partial charge in [-0.15, -0.1) is 0 Å². The van der Waals surface area contributed by atoms with Crippen molar-refractivity contribution in [3.63, 3.8) is 0 Å². The first-order chi connectivity index (χ1) is 18.0. The predicted octanol–water partition coefficient (Wildman–Crippen LogP) is 4.67. The summed E-state index contributed by atoms with van der Waals surface area (Å²) in [6.45, 7) is 2.45. The van der Waals surface area contributed by atoms with Gasteiger partial charge in [0.05, 0.1) is 0 Å². The molecule has 0 bridgehead atoms. The van der Waals surface area contributed by atoms with Crippen LogP contribution in [0.2, 0.25) is 0 Å². The highest BCUT2D eigenvalue weighted by molar-refractivity contribution is 5.91. The molecule has 1 unspecified atom stereocenters. The van der Waals surface area contributed by atoms with Gasteiger partial charge in [0, 0.05) is 25.3 Å². The van der Waals surface area contributed by atoms with Crippen LogP contribution in [0.15, 0.2) is 72.8 Å². The maximum atomic E-state index is 13.3. The van der Waals surface area contributed by atoms with E-state index < -0.39 is 17.9 Å². The van der Waals surface area contributed by atoms with Crippen molar-refractivity contribution in [2.45, 2.75) is 64.5 Å². The van der Waals surface area contributed by atoms with Crippen LogP contribution in [0.1, 0.15) is 56.6 Å². The van der Waals surface area contributed by atoms with Crippen molar-refractivity contribution < 1.29 is 19.6 Å². The molecule has 196 valence electrons. The van der Waals surface area contributed by atoms with E-state index >= 15 is 0 Å². The Kier molecular flexibility index (Phi) is 11.1. The number of amides is 3. The maximum absolute atomic E-state index is 13.3. The van der Waals surface area contributed by atoms with E-state index in [1.165, 1.54) is 0 Å². The third kappa shape index (κ3) is 9.03. The molecule has 2 atom stereocenters. The van der Waals surface area contributed by atoms with Crippen LogP contribution < -0.4 is 16.1 Å². The molecule has 0 saturated heterocycles. The average Bonchev–Trinajstić information content (AvgIpc) is 2.93. The van der Waals surface area contributed by atoms with Crippen molar-refractivity contribution in [1.82, 2.24) is 16.1 Å². The lowest BCUT2D eigenvalue weighted by Crippen LogP contribution is -2.50. The van der Waals surface area contributed by atoms with E-state index in [0.29, 0.717) is 19.4 Å². The van der Waals surface area contributed by atoms with Gasteiger partial charge < -0.3 is 10.6 Å². The van der Waals surface area contributed by atoms with Gasteiger partial charge in [-0.3, -0.25) is 19.6 Å². The topological polar surface area (TPSA) is 108 Å². The lowest BCUT2D eigenvalue weighted by molar-refractivity contribution is -0.136. The summed E-state index contributed by atoms with van der Waals surface area (Å²) in [4.78, 5) is 38.5. The molecule has 0 fully saturated rings. The Labute approximate surface area is 218 Å². The van der Waals surface area contributed by atoms with Crippen LogP contribution in [-0.4, -0.2) is 29.0 Å². The van der Waals surface area contributed by atoms with Crippen LogP contribution in [-0.2, 0) is 27.3 Å². The molecular weight excluding hydrogens is 466 g/mol. The van der Waals surface area contributed by atoms with E-state index in [1.54, 1.807) is 5.48 Å². The van der Waals surface area contributed by atoms with E-state index in [9.17, 15) is 14.4 Å². The Morgan fingerprint density at radius 3 is 2.27 bits per heavy atom. The normalized spacial score (nSPS) is 12.5. The number of fused-ring (bicyclic) bond motifs is 1. The highest BCUT2D eigenvalue weighted by Crippen LogP contribution is 2.19. The van der Waals surface area contributed by atoms with Gasteiger partial charge in [-0.2, -0.15) is 0 Å². The molecule has 4 N–H and O–H groups in total. The summed E-state index contributed by atoms with van der Waals surface area (Å²) in [6, 6.07) is 22.8. The average molecular weight is 504 g/mol. The maximum Gasteiger partial charge on any atom is 0.244 e. The number of benzene rings is 3. The summed E-state index contributed by atoms with van der Waals surface area (Å²) in [5, 5.41) is 17.0. The van der Waals surface area contributed by atoms with Gasteiger partial charge in [0.1, 0.15) is 6.04 Å². The molecule has 0 aliphatic rings.